The molecule has 170 valence electrons. The van der Waals surface area contributed by atoms with Gasteiger partial charge >= 0.3 is 0 Å². The first-order valence-electron chi connectivity index (χ1n) is 11.3. The number of aryl methyl sites for hydroxylation is 3. The molecule has 1 aliphatic heterocycles. The lowest BCUT2D eigenvalue weighted by molar-refractivity contribution is -0.128. The van der Waals surface area contributed by atoms with Crippen molar-refractivity contribution in [1.29, 1.82) is 0 Å². The van der Waals surface area contributed by atoms with Gasteiger partial charge in [0.05, 0.1) is 18.2 Å². The number of nitrogens with zero attached hydrogens (tertiary/aromatic N) is 1. The van der Waals surface area contributed by atoms with E-state index in [4.69, 9.17) is 0 Å². The average Bonchev–Trinajstić information content (AvgIpc) is 2.81. The lowest BCUT2D eigenvalue weighted by Gasteiger charge is -2.36. The fourth-order valence-corrected chi connectivity index (χ4v) is 5.34. The van der Waals surface area contributed by atoms with Crippen molar-refractivity contribution in [2.45, 2.75) is 50.9 Å². The van der Waals surface area contributed by atoms with Gasteiger partial charge in [-0.3, -0.25) is 9.59 Å². The van der Waals surface area contributed by atoms with Gasteiger partial charge in [-0.2, -0.15) is 0 Å². The van der Waals surface area contributed by atoms with Crippen molar-refractivity contribution in [1.82, 2.24) is 5.32 Å². The third-order valence-electron chi connectivity index (χ3n) is 6.21. The number of para-hydroxylation sites is 1. The van der Waals surface area contributed by atoms with E-state index in [9.17, 15) is 9.59 Å². The van der Waals surface area contributed by atoms with Crippen molar-refractivity contribution in [3.8, 4) is 0 Å². The van der Waals surface area contributed by atoms with Gasteiger partial charge in [0.15, 0.2) is 0 Å². The van der Waals surface area contributed by atoms with Crippen molar-refractivity contribution in [2.75, 3.05) is 4.90 Å². The van der Waals surface area contributed by atoms with Gasteiger partial charge in [-0.05, 0) is 49.6 Å². The van der Waals surface area contributed by atoms with Crippen LogP contribution in [0.2, 0.25) is 0 Å². The summed E-state index contributed by atoms with van der Waals surface area (Å²) >= 11 is 1.49. The number of thioether (sulfide) groups is 1. The highest BCUT2D eigenvalue weighted by molar-refractivity contribution is 8.01. The summed E-state index contributed by atoms with van der Waals surface area (Å²) < 4.78 is 0. The lowest BCUT2D eigenvalue weighted by atomic mass is 10.0. The number of amides is 2. The fraction of sp³-hybridized carbons (Fsp3) is 0.286. The van der Waals surface area contributed by atoms with Gasteiger partial charge in [-0.25, -0.2) is 0 Å². The van der Waals surface area contributed by atoms with E-state index in [-0.39, 0.29) is 11.8 Å². The lowest BCUT2D eigenvalue weighted by Crippen LogP contribution is -2.47. The van der Waals surface area contributed by atoms with E-state index < -0.39 is 11.2 Å². The maximum absolute atomic E-state index is 13.7. The molecule has 4 nitrogen and oxygen atoms in total. The minimum Gasteiger partial charge on any atom is -0.352 e. The highest BCUT2D eigenvalue weighted by Crippen LogP contribution is 2.42. The van der Waals surface area contributed by atoms with E-state index in [1.165, 1.54) is 22.9 Å². The third-order valence-corrected chi connectivity index (χ3v) is 7.67. The van der Waals surface area contributed by atoms with Crippen LogP contribution in [0.3, 0.4) is 0 Å². The zero-order chi connectivity index (χ0) is 23.5. The van der Waals surface area contributed by atoms with Gasteiger partial charge in [0.2, 0.25) is 11.8 Å². The first-order valence-corrected chi connectivity index (χ1v) is 12.2. The van der Waals surface area contributed by atoms with E-state index in [1.807, 2.05) is 67.3 Å². The number of nitrogens with one attached hydrogen (secondary N) is 1. The number of carbonyl (C=O) groups excluding carboxylic acids is 2. The van der Waals surface area contributed by atoms with E-state index >= 15 is 0 Å². The van der Waals surface area contributed by atoms with Gasteiger partial charge in [-0.1, -0.05) is 72.6 Å². The molecule has 3 aromatic rings. The summed E-state index contributed by atoms with van der Waals surface area (Å²) in [5.74, 6) is -0.576. The SMILES string of the molecule is Cc1ccc(CNC(=O)C(C)C2Sc3ccccc3N(Cc3cc(C)ccc3C)C2=O)cc1. The van der Waals surface area contributed by atoms with Crippen LogP contribution in [-0.4, -0.2) is 17.1 Å². The monoisotopic (exact) mass is 458 g/mol. The summed E-state index contributed by atoms with van der Waals surface area (Å²) in [6.07, 6.45) is 0. The van der Waals surface area contributed by atoms with E-state index in [0.717, 1.165) is 27.3 Å². The van der Waals surface area contributed by atoms with E-state index in [2.05, 4.69) is 37.4 Å². The Bertz CT molecular complexity index is 1170. The van der Waals surface area contributed by atoms with Gasteiger partial charge < -0.3 is 10.2 Å². The number of benzene rings is 3. The topological polar surface area (TPSA) is 49.4 Å². The Kier molecular flexibility index (Phi) is 6.89. The highest BCUT2D eigenvalue weighted by atomic mass is 32.2. The first kappa shape index (κ1) is 23.1. The number of carbonyl (C=O) groups is 2. The molecule has 0 fully saturated rings. The standard InChI is InChI=1S/C28H30N2O2S/c1-18-10-13-22(14-11-18)16-29-27(31)21(4)26-28(32)30(24-7-5-6-8-25(24)33-26)17-23-15-19(2)9-12-20(23)3/h5-15,21,26H,16-17H2,1-4H3,(H,29,31). The number of hydrogen-bond donors (Lipinski definition) is 1. The second-order valence-corrected chi connectivity index (χ2v) is 10.0. The fourth-order valence-electron chi connectivity index (χ4n) is 4.05. The average molecular weight is 459 g/mol. The molecule has 0 saturated carbocycles. The molecular formula is C28H30N2O2S. The Labute approximate surface area is 200 Å². The zero-order valence-corrected chi connectivity index (χ0v) is 20.4. The van der Waals surface area contributed by atoms with Crippen molar-refractivity contribution >= 4 is 29.3 Å². The smallest absolute Gasteiger partial charge is 0.241 e. The Morgan fingerprint density at radius 3 is 2.45 bits per heavy atom. The Morgan fingerprint density at radius 1 is 1.00 bits per heavy atom. The third kappa shape index (κ3) is 5.14. The zero-order valence-electron chi connectivity index (χ0n) is 19.6. The van der Waals surface area contributed by atoms with E-state index in [0.29, 0.717) is 13.1 Å². The quantitative estimate of drug-likeness (QED) is 0.525. The molecule has 3 aromatic carbocycles. The Morgan fingerprint density at radius 2 is 1.70 bits per heavy atom. The summed E-state index contributed by atoms with van der Waals surface area (Å²) in [4.78, 5) is 29.6. The maximum Gasteiger partial charge on any atom is 0.241 e. The second-order valence-electron chi connectivity index (χ2n) is 8.85. The summed E-state index contributed by atoms with van der Waals surface area (Å²) in [5, 5.41) is 2.55. The molecule has 0 radical (unpaired) electrons. The highest BCUT2D eigenvalue weighted by Gasteiger charge is 2.39. The van der Waals surface area contributed by atoms with Crippen molar-refractivity contribution in [3.63, 3.8) is 0 Å². The van der Waals surface area contributed by atoms with E-state index in [1.54, 1.807) is 0 Å². The number of hydrogen-bond acceptors (Lipinski definition) is 3. The molecule has 1 heterocycles. The molecule has 0 aliphatic carbocycles. The molecule has 1 N–H and O–H groups in total. The summed E-state index contributed by atoms with van der Waals surface area (Å²) in [6, 6.07) is 22.4. The molecule has 33 heavy (non-hydrogen) atoms. The van der Waals surface area contributed by atoms with Crippen molar-refractivity contribution in [3.05, 3.63) is 94.5 Å². The first-order chi connectivity index (χ1) is 15.8. The van der Waals surface area contributed by atoms with Crippen molar-refractivity contribution < 1.29 is 9.59 Å². The molecule has 2 atom stereocenters. The predicted octanol–water partition coefficient (Wildman–Crippen LogP) is 5.57. The largest absolute Gasteiger partial charge is 0.352 e. The number of rotatable bonds is 6. The maximum atomic E-state index is 13.7. The van der Waals surface area contributed by atoms with Crippen molar-refractivity contribution in [2.24, 2.45) is 5.92 Å². The minimum atomic E-state index is -0.469. The molecule has 0 spiro atoms. The van der Waals surface area contributed by atoms with Crippen LogP contribution in [0, 0.1) is 26.7 Å². The van der Waals surface area contributed by atoms with Crippen LogP contribution < -0.4 is 10.2 Å². The molecule has 4 rings (SSSR count). The summed E-state index contributed by atoms with van der Waals surface area (Å²) in [7, 11) is 0. The summed E-state index contributed by atoms with van der Waals surface area (Å²) in [6.45, 7) is 8.98. The molecular weight excluding hydrogens is 428 g/mol. The summed E-state index contributed by atoms with van der Waals surface area (Å²) in [5.41, 5.74) is 6.60. The van der Waals surface area contributed by atoms with Gasteiger partial charge in [0, 0.05) is 11.4 Å². The second kappa shape index (κ2) is 9.84. The van der Waals surface area contributed by atoms with Crippen LogP contribution >= 0.6 is 11.8 Å². The molecule has 0 saturated heterocycles. The van der Waals surface area contributed by atoms with Gasteiger partial charge in [0.25, 0.3) is 0 Å². The Balaban J connectivity index is 1.55. The van der Waals surface area contributed by atoms with Crippen LogP contribution in [-0.2, 0) is 22.7 Å². The number of fused-ring (bicyclic) bond motifs is 1. The molecule has 5 heteroatoms. The van der Waals surface area contributed by atoms with Crippen LogP contribution in [0.5, 0.6) is 0 Å². The molecule has 1 aliphatic rings. The van der Waals surface area contributed by atoms with Gasteiger partial charge in [0.1, 0.15) is 5.25 Å². The normalized spacial score (nSPS) is 16.3. The van der Waals surface area contributed by atoms with Gasteiger partial charge in [-0.15, -0.1) is 11.8 Å². The number of anilines is 1. The van der Waals surface area contributed by atoms with Crippen LogP contribution in [0.25, 0.3) is 0 Å². The Hall–Kier alpha value is -3.05. The molecule has 2 amide bonds. The van der Waals surface area contributed by atoms with Crippen LogP contribution in [0.15, 0.2) is 71.6 Å². The van der Waals surface area contributed by atoms with Crippen LogP contribution in [0.1, 0.15) is 34.7 Å². The predicted molar refractivity (Wildman–Crippen MR) is 135 cm³/mol. The molecule has 2 unspecified atom stereocenters. The minimum absolute atomic E-state index is 0.0161. The van der Waals surface area contributed by atoms with Crippen LogP contribution in [0.4, 0.5) is 5.69 Å². The molecule has 0 aromatic heterocycles. The molecule has 0 bridgehead atoms.